The number of ether oxygens (including phenoxy) is 1. The first-order valence-corrected chi connectivity index (χ1v) is 11.3. The number of aliphatic imine (C=N–C) groups is 1. The molecule has 0 spiro atoms. The first kappa shape index (κ1) is 24.3. The second-order valence-corrected chi connectivity index (χ2v) is 7.58. The molecule has 1 aromatic rings. The molecule has 160 valence electrons. The number of nitrogens with zero attached hydrogens (tertiary/aromatic N) is 1. The van der Waals surface area contributed by atoms with Crippen LogP contribution in [0.15, 0.2) is 29.3 Å². The quantitative estimate of drug-likeness (QED) is 0.101. The zero-order valence-electron chi connectivity index (χ0n) is 17.9. The number of nitrogens with one attached hydrogen (secondary N) is 1. The van der Waals surface area contributed by atoms with Crippen molar-refractivity contribution in [2.75, 3.05) is 6.61 Å². The zero-order chi connectivity index (χ0) is 20.3. The van der Waals surface area contributed by atoms with Gasteiger partial charge in [-0.05, 0) is 30.7 Å². The lowest BCUT2D eigenvalue weighted by Gasteiger charge is -2.07. The van der Waals surface area contributed by atoms with E-state index in [2.05, 4.69) is 17.3 Å². The fourth-order valence-corrected chi connectivity index (χ4v) is 3.27. The Balaban J connectivity index is 1.89. The molecule has 0 aromatic heterocycles. The number of guanidine groups is 1. The molecule has 5 heteroatoms. The summed E-state index contributed by atoms with van der Waals surface area (Å²) >= 11 is 0. The van der Waals surface area contributed by atoms with Crippen molar-refractivity contribution in [3.05, 3.63) is 24.3 Å². The van der Waals surface area contributed by atoms with Crippen molar-refractivity contribution in [3.8, 4) is 5.75 Å². The van der Waals surface area contributed by atoms with E-state index in [9.17, 15) is 0 Å². The summed E-state index contributed by atoms with van der Waals surface area (Å²) in [5.74, 6) is 6.25. The Hall–Kier alpha value is -1.75. The molecule has 0 radical (unpaired) electrons. The second kappa shape index (κ2) is 17.4. The van der Waals surface area contributed by atoms with Crippen LogP contribution in [-0.4, -0.2) is 12.6 Å². The first-order chi connectivity index (χ1) is 13.8. The highest BCUT2D eigenvalue weighted by molar-refractivity contribution is 5.80. The summed E-state index contributed by atoms with van der Waals surface area (Å²) in [6.45, 7) is 3.05. The summed E-state index contributed by atoms with van der Waals surface area (Å²) in [4.78, 5) is 4.10. The summed E-state index contributed by atoms with van der Waals surface area (Å²) < 4.78 is 5.78. The van der Waals surface area contributed by atoms with Crippen LogP contribution >= 0.6 is 0 Å². The van der Waals surface area contributed by atoms with Gasteiger partial charge in [-0.1, -0.05) is 90.4 Å². The van der Waals surface area contributed by atoms with Gasteiger partial charge in [-0.2, -0.15) is 0 Å². The highest BCUT2D eigenvalue weighted by Crippen LogP contribution is 2.18. The molecule has 0 saturated carbocycles. The molecule has 0 bridgehead atoms. The van der Waals surface area contributed by atoms with Gasteiger partial charge in [0.25, 0.3) is 0 Å². The van der Waals surface area contributed by atoms with Crippen molar-refractivity contribution < 1.29 is 4.74 Å². The maximum Gasteiger partial charge on any atom is 0.208 e. The van der Waals surface area contributed by atoms with Crippen LogP contribution in [0.25, 0.3) is 0 Å². The molecule has 0 fully saturated rings. The van der Waals surface area contributed by atoms with Crippen LogP contribution in [0.2, 0.25) is 0 Å². The predicted octanol–water partition coefficient (Wildman–Crippen LogP) is 5.96. The van der Waals surface area contributed by atoms with Gasteiger partial charge in [0.2, 0.25) is 5.96 Å². The van der Waals surface area contributed by atoms with Gasteiger partial charge in [0.15, 0.2) is 0 Å². The lowest BCUT2D eigenvalue weighted by molar-refractivity contribution is 0.304. The topological polar surface area (TPSA) is 85.7 Å². The third-order valence-corrected chi connectivity index (χ3v) is 5.00. The van der Waals surface area contributed by atoms with E-state index in [0.717, 1.165) is 24.5 Å². The number of unbranched alkanes of at least 4 members (excludes halogenated alkanes) is 13. The van der Waals surface area contributed by atoms with Crippen molar-refractivity contribution in [3.63, 3.8) is 0 Å². The van der Waals surface area contributed by atoms with Gasteiger partial charge in [0.05, 0.1) is 12.3 Å². The summed E-state index contributed by atoms with van der Waals surface area (Å²) in [7, 11) is 0. The number of hydrogen-bond donors (Lipinski definition) is 3. The van der Waals surface area contributed by atoms with Gasteiger partial charge in [0.1, 0.15) is 5.75 Å². The molecule has 5 nitrogen and oxygen atoms in total. The molecule has 0 saturated heterocycles. The van der Waals surface area contributed by atoms with Gasteiger partial charge < -0.3 is 10.5 Å². The zero-order valence-corrected chi connectivity index (χ0v) is 17.9. The average Bonchev–Trinajstić information content (AvgIpc) is 2.72. The number of rotatable bonds is 17. The highest BCUT2D eigenvalue weighted by atomic mass is 16.5. The molecule has 5 N–H and O–H groups in total. The Labute approximate surface area is 172 Å². The largest absolute Gasteiger partial charge is 0.494 e. The molecule has 1 rings (SSSR count). The molecule has 0 amide bonds. The van der Waals surface area contributed by atoms with E-state index in [1.165, 1.54) is 83.5 Å². The lowest BCUT2D eigenvalue weighted by atomic mass is 10.0. The Kier molecular flexibility index (Phi) is 15.1. The number of hydrazine groups is 1. The summed E-state index contributed by atoms with van der Waals surface area (Å²) in [6, 6.07) is 7.55. The Morgan fingerprint density at radius 3 is 1.71 bits per heavy atom. The summed E-state index contributed by atoms with van der Waals surface area (Å²) in [5.41, 5.74) is 8.58. The van der Waals surface area contributed by atoms with Crippen LogP contribution in [-0.2, 0) is 0 Å². The molecular weight excluding hydrogens is 348 g/mol. The van der Waals surface area contributed by atoms with Gasteiger partial charge in [-0.15, -0.1) is 0 Å². The maximum absolute atomic E-state index is 5.78. The maximum atomic E-state index is 5.78. The van der Waals surface area contributed by atoms with Crippen molar-refractivity contribution in [1.82, 2.24) is 5.43 Å². The molecule has 28 heavy (non-hydrogen) atoms. The van der Waals surface area contributed by atoms with E-state index < -0.39 is 0 Å². The van der Waals surface area contributed by atoms with Crippen LogP contribution in [0, 0.1) is 0 Å². The second-order valence-electron chi connectivity index (χ2n) is 7.58. The molecule has 0 aliphatic carbocycles. The molecule has 0 heterocycles. The fourth-order valence-electron chi connectivity index (χ4n) is 3.27. The summed E-state index contributed by atoms with van der Waals surface area (Å²) in [5, 5.41) is 0. The van der Waals surface area contributed by atoms with E-state index in [0.29, 0.717) is 0 Å². The predicted molar refractivity (Wildman–Crippen MR) is 121 cm³/mol. The van der Waals surface area contributed by atoms with Crippen molar-refractivity contribution in [2.45, 2.75) is 96.8 Å². The smallest absolute Gasteiger partial charge is 0.208 e. The minimum Gasteiger partial charge on any atom is -0.494 e. The van der Waals surface area contributed by atoms with Crippen LogP contribution in [0.3, 0.4) is 0 Å². The molecule has 0 atom stereocenters. The van der Waals surface area contributed by atoms with Gasteiger partial charge in [-0.3, -0.25) is 5.43 Å². The molecule has 0 aliphatic heterocycles. The molecule has 0 unspecified atom stereocenters. The monoisotopic (exact) mass is 390 g/mol. The van der Waals surface area contributed by atoms with Crippen LogP contribution in [0.1, 0.15) is 96.8 Å². The Morgan fingerprint density at radius 2 is 1.25 bits per heavy atom. The van der Waals surface area contributed by atoms with Gasteiger partial charge in [-0.25, -0.2) is 10.8 Å². The van der Waals surface area contributed by atoms with Crippen LogP contribution in [0.5, 0.6) is 5.75 Å². The molecular formula is C23H42N4O. The third-order valence-electron chi connectivity index (χ3n) is 5.00. The third kappa shape index (κ3) is 13.4. The standard InChI is InChI=1S/C23H42N4O/c1-2-3-4-5-6-7-8-9-10-11-12-13-14-15-20-28-22-18-16-21(17-19-22)26-23(24)27-25/h16-19H,2-15,20,25H2,1H3,(H3,24,26,27). The normalized spacial score (nSPS) is 11.6. The van der Waals surface area contributed by atoms with Crippen molar-refractivity contribution in [2.24, 2.45) is 16.6 Å². The van der Waals surface area contributed by atoms with E-state index in [-0.39, 0.29) is 5.96 Å². The van der Waals surface area contributed by atoms with Gasteiger partial charge in [0, 0.05) is 0 Å². The Morgan fingerprint density at radius 1 is 0.786 bits per heavy atom. The number of benzene rings is 1. The minimum atomic E-state index is 0.191. The highest BCUT2D eigenvalue weighted by Gasteiger charge is 1.97. The van der Waals surface area contributed by atoms with Crippen LogP contribution in [0.4, 0.5) is 5.69 Å². The number of nitrogens with two attached hydrogens (primary N) is 2. The van der Waals surface area contributed by atoms with Crippen molar-refractivity contribution in [1.29, 1.82) is 0 Å². The van der Waals surface area contributed by atoms with E-state index in [4.69, 9.17) is 16.3 Å². The molecule has 0 aliphatic rings. The SMILES string of the molecule is CCCCCCCCCCCCCCCCOc1ccc(N=C(N)NN)cc1. The Bertz CT molecular complexity index is 502. The fraction of sp³-hybridized carbons (Fsp3) is 0.696. The lowest BCUT2D eigenvalue weighted by Crippen LogP contribution is -2.36. The van der Waals surface area contributed by atoms with Gasteiger partial charge >= 0.3 is 0 Å². The van der Waals surface area contributed by atoms with E-state index in [1.54, 1.807) is 0 Å². The average molecular weight is 391 g/mol. The van der Waals surface area contributed by atoms with Crippen LogP contribution < -0.4 is 21.7 Å². The van der Waals surface area contributed by atoms with E-state index in [1.807, 2.05) is 24.3 Å². The number of hydrogen-bond acceptors (Lipinski definition) is 3. The molecule has 1 aromatic carbocycles. The van der Waals surface area contributed by atoms with Crippen molar-refractivity contribution >= 4 is 11.6 Å². The minimum absolute atomic E-state index is 0.191. The summed E-state index contributed by atoms with van der Waals surface area (Å²) in [6.07, 6.45) is 19.2. The van der Waals surface area contributed by atoms with E-state index >= 15 is 0 Å². The first-order valence-electron chi connectivity index (χ1n) is 11.3.